The maximum absolute atomic E-state index is 12.9. The topological polar surface area (TPSA) is 67.6 Å². The van der Waals surface area contributed by atoms with Gasteiger partial charge >= 0.3 is 0 Å². The van der Waals surface area contributed by atoms with Crippen molar-refractivity contribution < 1.29 is 9.53 Å². The van der Waals surface area contributed by atoms with E-state index in [0.29, 0.717) is 25.8 Å². The molecule has 1 unspecified atom stereocenters. The van der Waals surface area contributed by atoms with Gasteiger partial charge in [-0.1, -0.05) is 18.2 Å². The summed E-state index contributed by atoms with van der Waals surface area (Å²) in [4.78, 5) is 14.9. The van der Waals surface area contributed by atoms with Crippen molar-refractivity contribution in [2.75, 3.05) is 38.2 Å². The SMILES string of the molecule is Cl.Cl.NCC1(C(=O)N2CCC(Nc3ccccc3)C2)CCOCC1. The molecule has 0 bridgehead atoms. The molecular weight excluding hydrogens is 349 g/mol. The summed E-state index contributed by atoms with van der Waals surface area (Å²) in [5.41, 5.74) is 6.66. The number of halogens is 2. The first kappa shape index (κ1) is 21.0. The summed E-state index contributed by atoms with van der Waals surface area (Å²) in [5.74, 6) is 0.218. The summed E-state index contributed by atoms with van der Waals surface area (Å²) < 4.78 is 5.40. The molecular formula is C17H27Cl2N3O2. The minimum Gasteiger partial charge on any atom is -0.381 e. The maximum atomic E-state index is 12.9. The van der Waals surface area contributed by atoms with Gasteiger partial charge in [0.05, 0.1) is 5.41 Å². The second-order valence-electron chi connectivity index (χ2n) is 6.34. The van der Waals surface area contributed by atoms with Crippen LogP contribution in [0.3, 0.4) is 0 Å². The number of nitrogens with two attached hydrogens (primary N) is 1. The molecule has 2 aliphatic heterocycles. The van der Waals surface area contributed by atoms with Crippen LogP contribution < -0.4 is 11.1 Å². The van der Waals surface area contributed by atoms with Crippen molar-refractivity contribution in [3.63, 3.8) is 0 Å². The van der Waals surface area contributed by atoms with E-state index in [9.17, 15) is 4.79 Å². The lowest BCUT2D eigenvalue weighted by atomic mass is 9.79. The second-order valence-corrected chi connectivity index (χ2v) is 6.34. The van der Waals surface area contributed by atoms with E-state index in [1.165, 1.54) is 0 Å². The number of nitrogens with one attached hydrogen (secondary N) is 1. The molecule has 0 saturated carbocycles. The first-order valence-corrected chi connectivity index (χ1v) is 8.12. The van der Waals surface area contributed by atoms with E-state index in [2.05, 4.69) is 17.4 Å². The predicted octanol–water partition coefficient (Wildman–Crippen LogP) is 2.30. The Hall–Kier alpha value is -1.01. The number of ether oxygens (including phenoxy) is 1. The molecule has 0 aliphatic carbocycles. The van der Waals surface area contributed by atoms with Gasteiger partial charge in [-0.05, 0) is 31.4 Å². The molecule has 24 heavy (non-hydrogen) atoms. The number of para-hydroxylation sites is 1. The number of anilines is 1. The van der Waals surface area contributed by atoms with Crippen LogP contribution in [0.25, 0.3) is 0 Å². The summed E-state index contributed by atoms with van der Waals surface area (Å²) in [6, 6.07) is 10.5. The first-order valence-electron chi connectivity index (χ1n) is 8.12. The number of hydrogen-bond acceptors (Lipinski definition) is 4. The third-order valence-corrected chi connectivity index (χ3v) is 4.91. The summed E-state index contributed by atoms with van der Waals surface area (Å²) >= 11 is 0. The molecule has 3 rings (SSSR count). The Balaban J connectivity index is 0.00000144. The minimum absolute atomic E-state index is 0. The number of carbonyl (C=O) groups is 1. The molecule has 1 aromatic carbocycles. The number of likely N-dealkylation sites (tertiary alicyclic amines) is 1. The Morgan fingerprint density at radius 3 is 2.54 bits per heavy atom. The summed E-state index contributed by atoms with van der Waals surface area (Å²) in [6.07, 6.45) is 2.48. The van der Waals surface area contributed by atoms with Gasteiger partial charge in [-0.25, -0.2) is 0 Å². The van der Waals surface area contributed by atoms with Crippen molar-refractivity contribution in [2.45, 2.75) is 25.3 Å². The van der Waals surface area contributed by atoms with Crippen molar-refractivity contribution in [2.24, 2.45) is 11.1 Å². The standard InChI is InChI=1S/C17H25N3O2.2ClH/c18-13-17(7-10-22-11-8-17)16(21)20-9-6-15(12-20)19-14-4-2-1-3-5-14;;/h1-5,15,19H,6-13,18H2;2*1H. The van der Waals surface area contributed by atoms with Crippen LogP contribution in [0, 0.1) is 5.41 Å². The van der Waals surface area contributed by atoms with Crippen LogP contribution in [-0.2, 0) is 9.53 Å². The number of amides is 1. The number of rotatable bonds is 4. The third-order valence-electron chi connectivity index (χ3n) is 4.91. The number of nitrogens with zero attached hydrogens (tertiary/aromatic N) is 1. The molecule has 136 valence electrons. The molecule has 3 N–H and O–H groups in total. The summed E-state index contributed by atoms with van der Waals surface area (Å²) in [7, 11) is 0. The van der Waals surface area contributed by atoms with Gasteiger partial charge in [-0.2, -0.15) is 0 Å². The zero-order valence-corrected chi connectivity index (χ0v) is 15.4. The van der Waals surface area contributed by atoms with Gasteiger partial charge in [0, 0.05) is 44.6 Å². The zero-order chi connectivity index (χ0) is 15.4. The molecule has 2 saturated heterocycles. The van der Waals surface area contributed by atoms with Crippen LogP contribution >= 0.6 is 24.8 Å². The second kappa shape index (κ2) is 9.47. The molecule has 5 nitrogen and oxygen atoms in total. The van der Waals surface area contributed by atoms with Crippen LogP contribution in [0.5, 0.6) is 0 Å². The first-order chi connectivity index (χ1) is 10.7. The highest BCUT2D eigenvalue weighted by Crippen LogP contribution is 2.33. The number of benzene rings is 1. The molecule has 0 spiro atoms. The molecule has 2 aliphatic rings. The largest absolute Gasteiger partial charge is 0.381 e. The van der Waals surface area contributed by atoms with Gasteiger partial charge in [0.25, 0.3) is 0 Å². The van der Waals surface area contributed by atoms with Gasteiger partial charge in [0.15, 0.2) is 0 Å². The lowest BCUT2D eigenvalue weighted by Gasteiger charge is -2.37. The van der Waals surface area contributed by atoms with Crippen molar-refractivity contribution in [3.8, 4) is 0 Å². The summed E-state index contributed by atoms with van der Waals surface area (Å²) in [5, 5.41) is 3.51. The van der Waals surface area contributed by atoms with Gasteiger partial charge in [-0.3, -0.25) is 4.79 Å². The van der Waals surface area contributed by atoms with E-state index >= 15 is 0 Å². The van der Waals surface area contributed by atoms with Crippen molar-refractivity contribution >= 4 is 36.4 Å². The molecule has 2 heterocycles. The van der Waals surface area contributed by atoms with Crippen LogP contribution in [0.2, 0.25) is 0 Å². The van der Waals surface area contributed by atoms with Gasteiger partial charge in [0.1, 0.15) is 0 Å². The van der Waals surface area contributed by atoms with E-state index in [4.69, 9.17) is 10.5 Å². The third kappa shape index (κ3) is 4.54. The zero-order valence-electron chi connectivity index (χ0n) is 13.8. The van der Waals surface area contributed by atoms with E-state index in [0.717, 1.165) is 38.0 Å². The fraction of sp³-hybridized carbons (Fsp3) is 0.588. The van der Waals surface area contributed by atoms with Crippen LogP contribution in [0.1, 0.15) is 19.3 Å². The molecule has 0 radical (unpaired) electrons. The lowest BCUT2D eigenvalue weighted by molar-refractivity contribution is -0.146. The van der Waals surface area contributed by atoms with Gasteiger partial charge in [0.2, 0.25) is 5.91 Å². The molecule has 1 amide bonds. The minimum atomic E-state index is -0.403. The maximum Gasteiger partial charge on any atom is 0.230 e. The van der Waals surface area contributed by atoms with Crippen molar-refractivity contribution in [3.05, 3.63) is 30.3 Å². The van der Waals surface area contributed by atoms with Gasteiger partial charge < -0.3 is 20.7 Å². The average Bonchev–Trinajstić information content (AvgIpc) is 3.04. The average molecular weight is 376 g/mol. The van der Waals surface area contributed by atoms with Crippen LogP contribution in [0.15, 0.2) is 30.3 Å². The normalized spacial score (nSPS) is 22.2. The smallest absolute Gasteiger partial charge is 0.230 e. The molecule has 1 atom stereocenters. The molecule has 1 aromatic rings. The molecule has 0 aromatic heterocycles. The highest BCUT2D eigenvalue weighted by Gasteiger charge is 2.43. The predicted molar refractivity (Wildman–Crippen MR) is 101 cm³/mol. The lowest BCUT2D eigenvalue weighted by Crippen LogP contribution is -2.50. The van der Waals surface area contributed by atoms with E-state index in [1.54, 1.807) is 0 Å². The molecule has 7 heteroatoms. The van der Waals surface area contributed by atoms with Gasteiger partial charge in [-0.15, -0.1) is 24.8 Å². The Labute approximate surface area is 156 Å². The highest BCUT2D eigenvalue weighted by atomic mass is 35.5. The monoisotopic (exact) mass is 375 g/mol. The fourth-order valence-electron chi connectivity index (χ4n) is 3.44. The Morgan fingerprint density at radius 2 is 1.92 bits per heavy atom. The Morgan fingerprint density at radius 1 is 1.25 bits per heavy atom. The Kier molecular flexibility index (Phi) is 8.30. The quantitative estimate of drug-likeness (QED) is 0.846. The molecule has 2 fully saturated rings. The number of hydrogen-bond donors (Lipinski definition) is 2. The van der Waals surface area contributed by atoms with Crippen molar-refractivity contribution in [1.29, 1.82) is 0 Å². The highest BCUT2D eigenvalue weighted by molar-refractivity contribution is 5.85. The van der Waals surface area contributed by atoms with Crippen molar-refractivity contribution in [1.82, 2.24) is 4.90 Å². The van der Waals surface area contributed by atoms with E-state index in [1.807, 2.05) is 23.1 Å². The number of carbonyl (C=O) groups excluding carboxylic acids is 1. The van der Waals surface area contributed by atoms with E-state index in [-0.39, 0.29) is 30.7 Å². The van der Waals surface area contributed by atoms with Crippen LogP contribution in [0.4, 0.5) is 5.69 Å². The Bertz CT molecular complexity index is 510. The van der Waals surface area contributed by atoms with Crippen LogP contribution in [-0.4, -0.2) is 49.7 Å². The van der Waals surface area contributed by atoms with E-state index < -0.39 is 5.41 Å². The fourth-order valence-corrected chi connectivity index (χ4v) is 3.44. The summed E-state index contributed by atoms with van der Waals surface area (Å²) in [6.45, 7) is 3.27.